The molecule has 0 amide bonds. The van der Waals surface area contributed by atoms with E-state index < -0.39 is 140 Å². The van der Waals surface area contributed by atoms with Crippen molar-refractivity contribution in [1.29, 1.82) is 0 Å². The number of ketones is 4. The van der Waals surface area contributed by atoms with Crippen LogP contribution in [0.3, 0.4) is 0 Å². The first kappa shape index (κ1) is 34.4. The summed E-state index contributed by atoms with van der Waals surface area (Å²) in [5, 5.41) is 66.9. The number of carboxylic acid groups (broad SMARTS) is 1. The second kappa shape index (κ2) is 11.6. The van der Waals surface area contributed by atoms with E-state index in [0.29, 0.717) is 0 Å². The Balaban J connectivity index is 1.55. The lowest BCUT2D eigenvalue weighted by atomic mass is 9.56. The molecule has 16 heteroatoms. The van der Waals surface area contributed by atoms with Crippen molar-refractivity contribution >= 4 is 34.8 Å². The number of hydrogen-bond donors (Lipinski definition) is 6. The van der Waals surface area contributed by atoms with Gasteiger partial charge in [-0.25, -0.2) is 4.79 Å². The molecule has 0 spiro atoms. The average molecular weight is 684 g/mol. The van der Waals surface area contributed by atoms with Crippen molar-refractivity contribution in [2.24, 2.45) is 4.99 Å². The number of methoxy groups -OCH3 is 3. The zero-order chi connectivity index (χ0) is 36.1. The van der Waals surface area contributed by atoms with E-state index in [9.17, 15) is 54.6 Å². The largest absolute Gasteiger partial charge is 0.507 e. The number of aryl methyl sites for hydroxylation is 1. The summed E-state index contributed by atoms with van der Waals surface area (Å²) in [6, 6.07) is 2.05. The Morgan fingerprint density at radius 3 is 2.20 bits per heavy atom. The number of aliphatic imine (C=N–C) groups is 1. The van der Waals surface area contributed by atoms with Gasteiger partial charge in [0.15, 0.2) is 23.2 Å². The Hall–Kier alpha value is -4.42. The first-order valence-corrected chi connectivity index (χ1v) is 15.1. The molecule has 1 aliphatic heterocycles. The normalized spacial score (nSPS) is 33.2. The van der Waals surface area contributed by atoms with Crippen molar-refractivity contribution in [2.75, 3.05) is 21.3 Å². The predicted molar refractivity (Wildman–Crippen MR) is 163 cm³/mol. The highest BCUT2D eigenvalue weighted by Gasteiger charge is 2.72. The number of carbonyl (C=O) groups is 5. The molecule has 3 aliphatic carbocycles. The number of fused-ring (bicyclic) bond motifs is 5. The third kappa shape index (κ3) is 4.35. The van der Waals surface area contributed by atoms with Crippen molar-refractivity contribution in [3.8, 4) is 11.5 Å². The molecule has 0 aromatic heterocycles. The van der Waals surface area contributed by atoms with Crippen molar-refractivity contribution in [3.63, 3.8) is 0 Å². The standard InChI is InChI=1S/C33H33NO15/c1-10-6-12-7-17(36)33(48-5)29(42)20-14(28(41)32(33,45)21(12)24(39)18(10)31(43)44)8-13-19(23(20)38)16(35)9-15(22(13)37)34-30-27(47-4)25(40)26(46-3)11(2)49-30/h6,8,11,17,25-27,30,36,38-40,45H,7,9H2,1-5H3,(H,43,44)/t11-,17+,25+,26-,27+,30-,32-,33+/m0/s1. The number of ether oxygens (including phenoxy) is 4. The number of Topliss-reactive ketones (excluding diaryl/α,β-unsaturated/α-hetero) is 4. The summed E-state index contributed by atoms with van der Waals surface area (Å²) in [6.07, 6.45) is -8.36. The van der Waals surface area contributed by atoms with Crippen LogP contribution in [0, 0.1) is 6.92 Å². The Morgan fingerprint density at radius 1 is 0.959 bits per heavy atom. The van der Waals surface area contributed by atoms with Crippen LogP contribution in [0.4, 0.5) is 0 Å². The molecule has 1 saturated heterocycles. The summed E-state index contributed by atoms with van der Waals surface area (Å²) < 4.78 is 21.9. The van der Waals surface area contributed by atoms with Crippen LogP contribution < -0.4 is 0 Å². The first-order chi connectivity index (χ1) is 23.0. The Morgan fingerprint density at radius 2 is 1.61 bits per heavy atom. The summed E-state index contributed by atoms with van der Waals surface area (Å²) in [7, 11) is 3.52. The molecule has 0 saturated carbocycles. The molecular formula is C33H33NO15. The summed E-state index contributed by atoms with van der Waals surface area (Å²) in [4.78, 5) is 72.6. The second-order valence-electron chi connectivity index (χ2n) is 12.5. The van der Waals surface area contributed by atoms with Crippen LogP contribution in [0.2, 0.25) is 0 Å². The molecule has 2 aromatic carbocycles. The topological polar surface area (TPSA) is 256 Å². The fourth-order valence-corrected chi connectivity index (χ4v) is 7.81. The van der Waals surface area contributed by atoms with Crippen molar-refractivity contribution < 1.29 is 73.6 Å². The van der Waals surface area contributed by atoms with Gasteiger partial charge >= 0.3 is 5.97 Å². The van der Waals surface area contributed by atoms with Crippen molar-refractivity contribution in [3.05, 3.63) is 56.6 Å². The smallest absolute Gasteiger partial charge is 0.339 e. The zero-order valence-corrected chi connectivity index (χ0v) is 26.8. The van der Waals surface area contributed by atoms with Gasteiger partial charge in [-0.2, -0.15) is 0 Å². The van der Waals surface area contributed by atoms with Gasteiger partial charge in [0.1, 0.15) is 35.4 Å². The summed E-state index contributed by atoms with van der Waals surface area (Å²) in [6.45, 7) is 2.94. The molecule has 2 aromatic rings. The van der Waals surface area contributed by atoms with Gasteiger partial charge in [-0.3, -0.25) is 24.2 Å². The van der Waals surface area contributed by atoms with E-state index in [2.05, 4.69) is 4.99 Å². The number of aliphatic hydroxyl groups is 3. The lowest BCUT2D eigenvalue weighted by Crippen LogP contribution is -2.73. The molecule has 4 aliphatic rings. The van der Waals surface area contributed by atoms with E-state index in [1.54, 1.807) is 6.92 Å². The van der Waals surface area contributed by atoms with E-state index in [0.717, 1.165) is 13.2 Å². The molecule has 1 heterocycles. The van der Waals surface area contributed by atoms with Crippen LogP contribution in [0.25, 0.3) is 0 Å². The summed E-state index contributed by atoms with van der Waals surface area (Å²) in [5.74, 6) is -8.43. The van der Waals surface area contributed by atoms with Crippen LogP contribution in [-0.2, 0) is 31.0 Å². The summed E-state index contributed by atoms with van der Waals surface area (Å²) >= 11 is 0. The molecule has 8 atom stereocenters. The maximum Gasteiger partial charge on any atom is 0.339 e. The number of aromatic hydroxyl groups is 2. The minimum Gasteiger partial charge on any atom is -0.507 e. The number of benzene rings is 2. The minimum absolute atomic E-state index is 0.0272. The van der Waals surface area contributed by atoms with Crippen LogP contribution in [0.1, 0.15) is 81.8 Å². The Labute approximate surface area is 277 Å². The number of carbonyl (C=O) groups excluding carboxylic acids is 4. The van der Waals surface area contributed by atoms with Crippen LogP contribution in [-0.4, -0.2) is 129 Å². The third-order valence-electron chi connectivity index (χ3n) is 10.0. The maximum absolute atomic E-state index is 14.5. The number of hydrogen-bond acceptors (Lipinski definition) is 15. The lowest BCUT2D eigenvalue weighted by molar-refractivity contribution is -0.228. The zero-order valence-electron chi connectivity index (χ0n) is 26.8. The van der Waals surface area contributed by atoms with E-state index >= 15 is 0 Å². The molecule has 0 radical (unpaired) electrons. The van der Waals surface area contributed by atoms with Gasteiger partial charge in [0, 0.05) is 44.4 Å². The highest BCUT2D eigenvalue weighted by atomic mass is 16.6. The molecule has 1 fully saturated rings. The van der Waals surface area contributed by atoms with Crippen molar-refractivity contribution in [1.82, 2.24) is 0 Å². The van der Waals surface area contributed by atoms with Gasteiger partial charge in [-0.05, 0) is 31.0 Å². The number of aliphatic hydroxyl groups excluding tert-OH is 2. The van der Waals surface area contributed by atoms with Gasteiger partial charge < -0.3 is 49.6 Å². The molecular weight excluding hydrogens is 650 g/mol. The molecule has 6 rings (SSSR count). The fourth-order valence-electron chi connectivity index (χ4n) is 7.81. The Kier molecular flexibility index (Phi) is 8.14. The molecule has 49 heavy (non-hydrogen) atoms. The van der Waals surface area contributed by atoms with Crippen molar-refractivity contribution in [2.45, 2.75) is 74.6 Å². The van der Waals surface area contributed by atoms with Crippen LogP contribution >= 0.6 is 0 Å². The molecule has 16 nitrogen and oxygen atoms in total. The molecule has 0 unspecified atom stereocenters. The number of rotatable bonds is 5. The van der Waals surface area contributed by atoms with Gasteiger partial charge in [0.25, 0.3) is 0 Å². The van der Waals surface area contributed by atoms with Crippen LogP contribution in [0.15, 0.2) is 17.1 Å². The predicted octanol–water partition coefficient (Wildman–Crippen LogP) is 0.0192. The number of carboxylic acids is 1. The van der Waals surface area contributed by atoms with Gasteiger partial charge in [-0.1, -0.05) is 6.07 Å². The van der Waals surface area contributed by atoms with Gasteiger partial charge in [0.2, 0.25) is 17.3 Å². The van der Waals surface area contributed by atoms with Crippen LogP contribution in [0.5, 0.6) is 11.5 Å². The molecule has 0 bridgehead atoms. The van der Waals surface area contributed by atoms with E-state index in [1.807, 2.05) is 0 Å². The van der Waals surface area contributed by atoms with Gasteiger partial charge in [-0.15, -0.1) is 0 Å². The third-order valence-corrected chi connectivity index (χ3v) is 10.0. The minimum atomic E-state index is -3.29. The van der Waals surface area contributed by atoms with E-state index in [1.165, 1.54) is 27.2 Å². The number of nitrogens with zero attached hydrogens (tertiary/aromatic N) is 1. The Bertz CT molecular complexity index is 1900. The monoisotopic (exact) mass is 683 g/mol. The molecule has 6 N–H and O–H groups in total. The number of aromatic carboxylic acids is 1. The number of phenols is 2. The van der Waals surface area contributed by atoms with E-state index in [-0.39, 0.29) is 11.1 Å². The quantitative estimate of drug-likeness (QED) is 0.243. The van der Waals surface area contributed by atoms with Gasteiger partial charge in [0.05, 0.1) is 35.5 Å². The average Bonchev–Trinajstić information content (AvgIpc) is 3.02. The fraction of sp³-hybridized carbons (Fsp3) is 0.455. The lowest BCUT2D eigenvalue weighted by Gasteiger charge is -2.52. The summed E-state index contributed by atoms with van der Waals surface area (Å²) in [5.41, 5.74) is -10.8. The highest BCUT2D eigenvalue weighted by molar-refractivity contribution is 6.53. The molecule has 260 valence electrons. The maximum atomic E-state index is 14.5. The highest BCUT2D eigenvalue weighted by Crippen LogP contribution is 2.56. The SMILES string of the molecule is CO[C@@H]1[C@@H](O)[C@@H](OC)[C@@H](N=C2CC(=O)c3c(cc4c(c3O)C(=O)[C@]3(OC)[C@H](O)Cc5cc(C)c(C(=O)O)c(O)c5[C@]3(O)C4=O)C2=O)O[C@H]1C. The second-order valence-corrected chi connectivity index (χ2v) is 12.5. The first-order valence-electron chi connectivity index (χ1n) is 15.1. The number of phenolic OH excluding ortho intramolecular Hbond substituents is 1. The van der Waals surface area contributed by atoms with E-state index in [4.69, 9.17) is 18.9 Å².